The van der Waals surface area contributed by atoms with Crippen LogP contribution in [0.4, 0.5) is 4.79 Å². The fraction of sp³-hybridized carbons (Fsp3) is 0.533. The van der Waals surface area contributed by atoms with Crippen LogP contribution < -0.4 is 5.32 Å². The minimum atomic E-state index is -0.590. The van der Waals surface area contributed by atoms with Crippen LogP contribution in [0.5, 0.6) is 0 Å². The molecule has 0 saturated heterocycles. The van der Waals surface area contributed by atoms with Crippen molar-refractivity contribution in [3.63, 3.8) is 0 Å². The Balaban J connectivity index is 0.00000172. The number of Topliss-reactive ketones (excluding diaryl/α,β-unsaturated/α-hetero) is 1. The summed E-state index contributed by atoms with van der Waals surface area (Å²) in [4.78, 5) is 26.8. The molecule has 1 aromatic heterocycles. The highest BCUT2D eigenvalue weighted by Crippen LogP contribution is 2.04. The fourth-order valence-electron chi connectivity index (χ4n) is 1.54. The van der Waals surface area contributed by atoms with E-state index in [4.69, 9.17) is 4.74 Å². The SMILES string of the molecule is CC.CC(=O)C(NC(=O)OCc1cccnc1)C(C)C. The Bertz CT molecular complexity index is 405. The van der Waals surface area contributed by atoms with E-state index in [1.807, 2.05) is 33.8 Å². The van der Waals surface area contributed by atoms with Crippen LogP contribution >= 0.6 is 0 Å². The third-order valence-electron chi connectivity index (χ3n) is 2.47. The van der Waals surface area contributed by atoms with Crippen LogP contribution in [0.25, 0.3) is 0 Å². The number of nitrogens with one attached hydrogen (secondary N) is 1. The number of ether oxygens (including phenoxy) is 1. The molecule has 0 aliphatic heterocycles. The van der Waals surface area contributed by atoms with E-state index in [0.29, 0.717) is 0 Å². The van der Waals surface area contributed by atoms with Crippen molar-refractivity contribution in [2.24, 2.45) is 5.92 Å². The van der Waals surface area contributed by atoms with Crippen LogP contribution in [0.1, 0.15) is 40.2 Å². The lowest BCUT2D eigenvalue weighted by Gasteiger charge is -2.19. The van der Waals surface area contributed by atoms with Crippen molar-refractivity contribution in [2.75, 3.05) is 0 Å². The van der Waals surface area contributed by atoms with Gasteiger partial charge < -0.3 is 10.1 Å². The fourth-order valence-corrected chi connectivity index (χ4v) is 1.54. The summed E-state index contributed by atoms with van der Waals surface area (Å²) in [6, 6.07) is 3.07. The lowest BCUT2D eigenvalue weighted by atomic mass is 10.0. The van der Waals surface area contributed by atoms with Gasteiger partial charge in [-0.05, 0) is 18.9 Å². The molecule has 1 atom stereocenters. The van der Waals surface area contributed by atoms with Gasteiger partial charge in [0.05, 0.1) is 6.04 Å². The van der Waals surface area contributed by atoms with Crippen molar-refractivity contribution >= 4 is 11.9 Å². The molecule has 5 nitrogen and oxygen atoms in total. The van der Waals surface area contributed by atoms with Gasteiger partial charge in [-0.3, -0.25) is 9.78 Å². The van der Waals surface area contributed by atoms with Crippen LogP contribution in [-0.4, -0.2) is 22.9 Å². The second-order valence-corrected chi connectivity index (χ2v) is 4.41. The van der Waals surface area contributed by atoms with Crippen LogP contribution in [0.2, 0.25) is 0 Å². The summed E-state index contributed by atoms with van der Waals surface area (Å²) in [7, 11) is 0. The Morgan fingerprint density at radius 2 is 2.00 bits per heavy atom. The van der Waals surface area contributed by atoms with E-state index in [0.717, 1.165) is 5.56 Å². The minimum absolute atomic E-state index is 0.0356. The monoisotopic (exact) mass is 280 g/mol. The van der Waals surface area contributed by atoms with Gasteiger partial charge in [-0.25, -0.2) is 4.79 Å². The van der Waals surface area contributed by atoms with E-state index in [9.17, 15) is 9.59 Å². The largest absolute Gasteiger partial charge is 0.445 e. The summed E-state index contributed by atoms with van der Waals surface area (Å²) < 4.78 is 5.02. The number of hydrogen-bond acceptors (Lipinski definition) is 4. The van der Waals surface area contributed by atoms with Gasteiger partial charge in [0.15, 0.2) is 5.78 Å². The highest BCUT2D eigenvalue weighted by Gasteiger charge is 2.21. The molecule has 112 valence electrons. The Morgan fingerprint density at radius 1 is 1.35 bits per heavy atom. The lowest BCUT2D eigenvalue weighted by Crippen LogP contribution is -2.43. The predicted molar refractivity (Wildman–Crippen MR) is 78.2 cm³/mol. The zero-order chi connectivity index (χ0) is 15.5. The van der Waals surface area contributed by atoms with Crippen molar-refractivity contribution in [3.05, 3.63) is 30.1 Å². The molecule has 0 fully saturated rings. The van der Waals surface area contributed by atoms with E-state index in [2.05, 4.69) is 10.3 Å². The molecule has 0 aliphatic carbocycles. The van der Waals surface area contributed by atoms with Crippen molar-refractivity contribution in [2.45, 2.75) is 47.3 Å². The van der Waals surface area contributed by atoms with Crippen molar-refractivity contribution < 1.29 is 14.3 Å². The summed E-state index contributed by atoms with van der Waals surface area (Å²) in [5, 5.41) is 2.56. The number of aromatic nitrogens is 1. The molecule has 1 unspecified atom stereocenters. The number of nitrogens with zero attached hydrogens (tertiary/aromatic N) is 1. The van der Waals surface area contributed by atoms with E-state index < -0.39 is 12.1 Å². The summed E-state index contributed by atoms with van der Waals surface area (Å²) >= 11 is 0. The predicted octanol–water partition coefficient (Wildman–Crippen LogP) is 2.95. The average molecular weight is 280 g/mol. The van der Waals surface area contributed by atoms with Crippen LogP contribution in [-0.2, 0) is 16.1 Å². The second kappa shape index (κ2) is 9.95. The van der Waals surface area contributed by atoms with Crippen molar-refractivity contribution in [1.82, 2.24) is 10.3 Å². The first-order valence-electron chi connectivity index (χ1n) is 6.83. The van der Waals surface area contributed by atoms with Gasteiger partial charge in [0.25, 0.3) is 0 Å². The summed E-state index contributed by atoms with van der Waals surface area (Å²) in [5.41, 5.74) is 0.802. The van der Waals surface area contributed by atoms with Gasteiger partial charge >= 0.3 is 6.09 Å². The van der Waals surface area contributed by atoms with Crippen LogP contribution in [0.15, 0.2) is 24.5 Å². The molecule has 0 saturated carbocycles. The van der Waals surface area contributed by atoms with Gasteiger partial charge in [0, 0.05) is 18.0 Å². The standard InChI is InChI=1S/C13H18N2O3.C2H6/c1-9(2)12(10(3)16)15-13(17)18-8-11-5-4-6-14-7-11;1-2/h4-7,9,12H,8H2,1-3H3,(H,15,17);1-2H3. The number of carbonyl (C=O) groups excluding carboxylic acids is 2. The number of pyridine rings is 1. The molecule has 20 heavy (non-hydrogen) atoms. The van der Waals surface area contributed by atoms with E-state index in [-0.39, 0.29) is 18.3 Å². The summed E-state index contributed by atoms with van der Waals surface area (Å²) in [5.74, 6) is -0.0447. The third-order valence-corrected chi connectivity index (χ3v) is 2.47. The Kier molecular flexibility index (Phi) is 9.00. The maximum atomic E-state index is 11.5. The molecular formula is C15H24N2O3. The number of alkyl carbamates (subject to hydrolysis) is 1. The summed E-state index contributed by atoms with van der Waals surface area (Å²) in [6.07, 6.45) is 2.68. The molecule has 1 N–H and O–H groups in total. The Labute approximate surface area is 120 Å². The summed E-state index contributed by atoms with van der Waals surface area (Å²) in [6.45, 7) is 9.33. The molecule has 1 heterocycles. The third kappa shape index (κ3) is 6.87. The zero-order valence-corrected chi connectivity index (χ0v) is 12.8. The highest BCUT2D eigenvalue weighted by atomic mass is 16.5. The first-order chi connectivity index (χ1) is 9.50. The molecule has 0 aliphatic rings. The Hall–Kier alpha value is -1.91. The highest BCUT2D eigenvalue weighted by molar-refractivity contribution is 5.85. The first kappa shape index (κ1) is 18.1. The zero-order valence-electron chi connectivity index (χ0n) is 12.8. The maximum absolute atomic E-state index is 11.5. The van der Waals surface area contributed by atoms with Crippen LogP contribution in [0, 0.1) is 5.92 Å². The quantitative estimate of drug-likeness (QED) is 0.900. The number of ketones is 1. The number of hydrogen-bond donors (Lipinski definition) is 1. The van der Waals surface area contributed by atoms with E-state index in [1.165, 1.54) is 6.92 Å². The van der Waals surface area contributed by atoms with E-state index >= 15 is 0 Å². The molecule has 1 amide bonds. The minimum Gasteiger partial charge on any atom is -0.445 e. The van der Waals surface area contributed by atoms with Crippen LogP contribution in [0.3, 0.4) is 0 Å². The first-order valence-corrected chi connectivity index (χ1v) is 6.83. The van der Waals surface area contributed by atoms with Gasteiger partial charge in [-0.15, -0.1) is 0 Å². The normalized spacial score (nSPS) is 11.1. The van der Waals surface area contributed by atoms with Crippen molar-refractivity contribution in [3.8, 4) is 0 Å². The molecule has 0 radical (unpaired) electrons. The molecular weight excluding hydrogens is 256 g/mol. The molecule has 1 aromatic rings. The molecule has 0 bridgehead atoms. The topological polar surface area (TPSA) is 68.3 Å². The van der Waals surface area contributed by atoms with Gasteiger partial charge in [-0.1, -0.05) is 33.8 Å². The average Bonchev–Trinajstić information content (AvgIpc) is 2.45. The molecule has 0 aromatic carbocycles. The van der Waals surface area contributed by atoms with Crippen molar-refractivity contribution in [1.29, 1.82) is 0 Å². The van der Waals surface area contributed by atoms with Gasteiger partial charge in [-0.2, -0.15) is 0 Å². The van der Waals surface area contributed by atoms with Gasteiger partial charge in [0.2, 0.25) is 0 Å². The number of amides is 1. The maximum Gasteiger partial charge on any atom is 0.408 e. The van der Waals surface area contributed by atoms with E-state index in [1.54, 1.807) is 18.5 Å². The molecule has 1 rings (SSSR count). The smallest absolute Gasteiger partial charge is 0.408 e. The number of rotatable bonds is 5. The Morgan fingerprint density at radius 3 is 2.45 bits per heavy atom. The van der Waals surface area contributed by atoms with Gasteiger partial charge in [0.1, 0.15) is 6.61 Å². The molecule has 0 spiro atoms. The number of carbonyl (C=O) groups is 2. The lowest BCUT2D eigenvalue weighted by molar-refractivity contribution is -0.119. The second-order valence-electron chi connectivity index (χ2n) is 4.41. The molecule has 5 heteroatoms.